The molecule has 0 aromatic heterocycles. The van der Waals surface area contributed by atoms with E-state index in [1.165, 1.54) is 24.8 Å². The van der Waals surface area contributed by atoms with Gasteiger partial charge in [-0.2, -0.15) is 0 Å². The smallest absolute Gasteiger partial charge is 0.251 e. The Kier molecular flexibility index (Phi) is 8.29. The van der Waals surface area contributed by atoms with Crippen LogP contribution in [0.2, 0.25) is 0 Å². The maximum Gasteiger partial charge on any atom is 0.251 e. The molecular formula is C30H40N4O. The van der Waals surface area contributed by atoms with Crippen LogP contribution in [0.5, 0.6) is 0 Å². The van der Waals surface area contributed by atoms with Gasteiger partial charge in [-0.3, -0.25) is 4.79 Å². The average Bonchev–Trinajstić information content (AvgIpc) is 2.89. The highest BCUT2D eigenvalue weighted by molar-refractivity contribution is 5.94. The van der Waals surface area contributed by atoms with Crippen molar-refractivity contribution in [2.75, 3.05) is 39.0 Å². The summed E-state index contributed by atoms with van der Waals surface area (Å²) in [5, 5.41) is 6.61. The average molecular weight is 473 g/mol. The topological polar surface area (TPSA) is 47.6 Å². The van der Waals surface area contributed by atoms with Crippen molar-refractivity contribution < 1.29 is 4.79 Å². The van der Waals surface area contributed by atoms with Gasteiger partial charge in [0.05, 0.1) is 5.82 Å². The van der Waals surface area contributed by atoms with E-state index in [2.05, 4.69) is 71.4 Å². The first kappa shape index (κ1) is 25.1. The van der Waals surface area contributed by atoms with Gasteiger partial charge in [-0.25, -0.2) is 0 Å². The molecule has 1 saturated carbocycles. The van der Waals surface area contributed by atoms with E-state index < -0.39 is 0 Å². The van der Waals surface area contributed by atoms with Crippen LogP contribution in [-0.4, -0.2) is 55.0 Å². The largest absolute Gasteiger partial charge is 0.358 e. The summed E-state index contributed by atoms with van der Waals surface area (Å²) in [7, 11) is 4.28. The molecule has 0 radical (unpaired) electrons. The first-order chi connectivity index (χ1) is 16.9. The molecule has 4 rings (SSSR count). The van der Waals surface area contributed by atoms with Crippen LogP contribution in [-0.2, 0) is 0 Å². The summed E-state index contributed by atoms with van der Waals surface area (Å²) in [6.45, 7) is 6.85. The van der Waals surface area contributed by atoms with E-state index in [1.807, 2.05) is 30.3 Å². The number of rotatable bonds is 8. The minimum Gasteiger partial charge on any atom is -0.358 e. The SMILES string of the molecule is C=C(Nc1ccccc1)N1CCC(=Cc2ccc(C(=O)NCC3(N(C)C)CCCCC3)cc2)CC1. The molecule has 1 aliphatic heterocycles. The summed E-state index contributed by atoms with van der Waals surface area (Å²) in [6, 6.07) is 18.2. The second-order valence-corrected chi connectivity index (χ2v) is 10.2. The fraction of sp³-hybridized carbons (Fsp3) is 0.433. The summed E-state index contributed by atoms with van der Waals surface area (Å²) < 4.78 is 0. The summed E-state index contributed by atoms with van der Waals surface area (Å²) in [5.41, 5.74) is 4.49. The fourth-order valence-corrected chi connectivity index (χ4v) is 5.28. The Bertz CT molecular complexity index is 1010. The zero-order valence-electron chi connectivity index (χ0n) is 21.4. The van der Waals surface area contributed by atoms with Crippen LogP contribution in [0.1, 0.15) is 60.9 Å². The van der Waals surface area contributed by atoms with Crippen molar-refractivity contribution in [1.29, 1.82) is 0 Å². The zero-order valence-corrected chi connectivity index (χ0v) is 21.4. The van der Waals surface area contributed by atoms with E-state index in [1.54, 1.807) is 0 Å². The summed E-state index contributed by atoms with van der Waals surface area (Å²) in [4.78, 5) is 17.4. The van der Waals surface area contributed by atoms with Crippen LogP contribution in [0, 0.1) is 0 Å². The number of amides is 1. The molecule has 1 amide bonds. The second kappa shape index (κ2) is 11.6. The van der Waals surface area contributed by atoms with E-state index in [9.17, 15) is 4.79 Å². The van der Waals surface area contributed by atoms with E-state index in [0.717, 1.165) is 61.4 Å². The Morgan fingerprint density at radius 1 is 1.00 bits per heavy atom. The number of hydrogen-bond donors (Lipinski definition) is 2. The van der Waals surface area contributed by atoms with E-state index in [0.29, 0.717) is 6.54 Å². The fourth-order valence-electron chi connectivity index (χ4n) is 5.28. The zero-order chi connectivity index (χ0) is 24.7. The molecule has 2 aliphatic rings. The molecule has 2 fully saturated rings. The lowest BCUT2D eigenvalue weighted by molar-refractivity contribution is 0.0799. The van der Waals surface area contributed by atoms with Crippen molar-refractivity contribution in [3.05, 3.63) is 83.7 Å². The molecule has 35 heavy (non-hydrogen) atoms. The van der Waals surface area contributed by atoms with Crippen molar-refractivity contribution in [3.8, 4) is 0 Å². The van der Waals surface area contributed by atoms with Crippen LogP contribution >= 0.6 is 0 Å². The van der Waals surface area contributed by atoms with Gasteiger partial charge in [-0.1, -0.05) is 67.8 Å². The van der Waals surface area contributed by atoms with E-state index in [-0.39, 0.29) is 11.4 Å². The monoisotopic (exact) mass is 472 g/mol. The number of piperidine rings is 1. The minimum atomic E-state index is 0.0220. The Labute approximate surface area is 210 Å². The van der Waals surface area contributed by atoms with Gasteiger partial charge in [-0.05, 0) is 69.6 Å². The number of hydrogen-bond acceptors (Lipinski definition) is 4. The predicted molar refractivity (Wildman–Crippen MR) is 146 cm³/mol. The highest BCUT2D eigenvalue weighted by Gasteiger charge is 2.34. The minimum absolute atomic E-state index is 0.0220. The Morgan fingerprint density at radius 3 is 2.29 bits per heavy atom. The van der Waals surface area contributed by atoms with E-state index >= 15 is 0 Å². The van der Waals surface area contributed by atoms with Crippen LogP contribution in [0.4, 0.5) is 5.69 Å². The maximum absolute atomic E-state index is 12.8. The summed E-state index contributed by atoms with van der Waals surface area (Å²) in [5.74, 6) is 0.976. The predicted octanol–water partition coefficient (Wildman–Crippen LogP) is 5.74. The molecule has 1 heterocycles. The Morgan fingerprint density at radius 2 is 1.66 bits per heavy atom. The van der Waals surface area contributed by atoms with Crippen LogP contribution in [0.15, 0.2) is 72.6 Å². The molecule has 2 N–H and O–H groups in total. The van der Waals surface area contributed by atoms with Gasteiger partial charge in [-0.15, -0.1) is 0 Å². The summed E-state index contributed by atoms with van der Waals surface area (Å²) >= 11 is 0. The normalized spacial score (nSPS) is 17.7. The van der Waals surface area contributed by atoms with Crippen molar-refractivity contribution in [2.45, 2.75) is 50.5 Å². The van der Waals surface area contributed by atoms with Gasteiger partial charge in [0.25, 0.3) is 5.91 Å². The number of likely N-dealkylation sites (N-methyl/N-ethyl adjacent to an activating group) is 1. The lowest BCUT2D eigenvalue weighted by Crippen LogP contribution is -2.53. The number of anilines is 1. The van der Waals surface area contributed by atoms with Crippen molar-refractivity contribution in [1.82, 2.24) is 15.1 Å². The molecule has 0 bridgehead atoms. The highest BCUT2D eigenvalue weighted by atomic mass is 16.1. The number of benzene rings is 2. The molecular weight excluding hydrogens is 432 g/mol. The number of carbonyl (C=O) groups excluding carboxylic acids is 1. The summed E-state index contributed by atoms with van der Waals surface area (Å²) in [6.07, 6.45) is 10.4. The van der Waals surface area contributed by atoms with Crippen molar-refractivity contribution in [3.63, 3.8) is 0 Å². The second-order valence-electron chi connectivity index (χ2n) is 10.2. The molecule has 0 atom stereocenters. The number of para-hydroxylation sites is 1. The van der Waals surface area contributed by atoms with Crippen molar-refractivity contribution >= 4 is 17.7 Å². The third-order valence-corrected chi connectivity index (χ3v) is 7.70. The molecule has 0 unspecified atom stereocenters. The molecule has 1 aliphatic carbocycles. The molecule has 186 valence electrons. The highest BCUT2D eigenvalue weighted by Crippen LogP contribution is 2.31. The first-order valence-corrected chi connectivity index (χ1v) is 13.0. The van der Waals surface area contributed by atoms with Gasteiger partial charge in [0.2, 0.25) is 0 Å². The quantitative estimate of drug-likeness (QED) is 0.514. The third-order valence-electron chi connectivity index (χ3n) is 7.70. The van der Waals surface area contributed by atoms with Gasteiger partial charge in [0.15, 0.2) is 0 Å². The van der Waals surface area contributed by atoms with Gasteiger partial charge in [0.1, 0.15) is 0 Å². The Hall–Kier alpha value is -3.05. The van der Waals surface area contributed by atoms with Crippen LogP contribution in [0.3, 0.4) is 0 Å². The molecule has 2 aromatic carbocycles. The molecule has 5 nitrogen and oxygen atoms in total. The molecule has 5 heteroatoms. The number of nitrogens with zero attached hydrogens (tertiary/aromatic N) is 2. The van der Waals surface area contributed by atoms with Gasteiger partial charge in [0, 0.05) is 36.4 Å². The molecule has 0 spiro atoms. The number of likely N-dealkylation sites (tertiary alicyclic amines) is 1. The maximum atomic E-state index is 12.8. The lowest BCUT2D eigenvalue weighted by atomic mass is 9.80. The van der Waals surface area contributed by atoms with Crippen LogP contribution < -0.4 is 10.6 Å². The number of carbonyl (C=O) groups is 1. The van der Waals surface area contributed by atoms with Crippen LogP contribution in [0.25, 0.3) is 6.08 Å². The first-order valence-electron chi connectivity index (χ1n) is 13.0. The molecule has 2 aromatic rings. The van der Waals surface area contributed by atoms with Crippen molar-refractivity contribution in [2.24, 2.45) is 0 Å². The Balaban J connectivity index is 1.27. The third kappa shape index (κ3) is 6.55. The van der Waals surface area contributed by atoms with Gasteiger partial charge >= 0.3 is 0 Å². The van der Waals surface area contributed by atoms with Gasteiger partial charge < -0.3 is 20.4 Å². The lowest BCUT2D eigenvalue weighted by Gasteiger charge is -2.43. The standard InChI is InChI=1S/C30H40N4O/c1-24(32-28-10-6-4-7-11-28)34-20-16-26(17-21-34)22-25-12-14-27(15-13-25)29(35)31-23-30(33(2)3)18-8-5-9-19-30/h4,6-7,10-15,22,32H,1,5,8-9,16-21,23H2,2-3H3,(H,31,35). The van der Waals surface area contributed by atoms with E-state index in [4.69, 9.17) is 0 Å². The number of nitrogens with one attached hydrogen (secondary N) is 2. The molecule has 1 saturated heterocycles.